The Labute approximate surface area is 126 Å². The van der Waals surface area contributed by atoms with Gasteiger partial charge in [-0.3, -0.25) is 9.59 Å². The fourth-order valence-corrected chi connectivity index (χ4v) is 2.82. The molecule has 0 atom stereocenters. The van der Waals surface area contributed by atoms with Crippen molar-refractivity contribution in [3.8, 4) is 6.07 Å². The summed E-state index contributed by atoms with van der Waals surface area (Å²) in [6, 6.07) is 8.86. The maximum Gasteiger partial charge on any atom is 0.307 e. The van der Waals surface area contributed by atoms with Gasteiger partial charge in [-0.05, 0) is 26.0 Å². The number of hydrogen-bond donors (Lipinski definition) is 1. The summed E-state index contributed by atoms with van der Waals surface area (Å²) in [4.78, 5) is 24.6. The Balaban J connectivity index is 2.03. The van der Waals surface area contributed by atoms with Crippen LogP contribution < -0.4 is 10.2 Å². The van der Waals surface area contributed by atoms with E-state index >= 15 is 0 Å². The smallest absolute Gasteiger partial charge is 0.307 e. The maximum atomic E-state index is 12.0. The Kier molecular flexibility index (Phi) is 4.55. The summed E-state index contributed by atoms with van der Waals surface area (Å²) in [5.41, 5.74) is 1.82. The van der Waals surface area contributed by atoms with Crippen molar-refractivity contribution in [2.75, 3.05) is 5.32 Å². The first-order chi connectivity index (χ1) is 10.0. The van der Waals surface area contributed by atoms with E-state index in [4.69, 9.17) is 5.26 Å². The third-order valence-electron chi connectivity index (χ3n) is 3.26. The Morgan fingerprint density at radius 3 is 2.71 bits per heavy atom. The number of para-hydroxylation sites is 1. The number of carbonyl (C=O) groups is 1. The Morgan fingerprint density at radius 2 is 2.10 bits per heavy atom. The van der Waals surface area contributed by atoms with Gasteiger partial charge in [0.2, 0.25) is 5.91 Å². The second kappa shape index (κ2) is 6.37. The van der Waals surface area contributed by atoms with Gasteiger partial charge in [-0.1, -0.05) is 23.5 Å². The van der Waals surface area contributed by atoms with Crippen molar-refractivity contribution < 1.29 is 4.79 Å². The average molecular weight is 301 g/mol. The highest BCUT2D eigenvalue weighted by Crippen LogP contribution is 2.14. The number of benzene rings is 1. The van der Waals surface area contributed by atoms with Crippen molar-refractivity contribution in [1.29, 1.82) is 5.26 Å². The van der Waals surface area contributed by atoms with E-state index in [0.29, 0.717) is 17.8 Å². The molecule has 0 saturated carbocycles. The SMILES string of the molecule is Cc1sc(=O)n(CCC(=O)Nc2ccccc2C#N)c1C. The van der Waals surface area contributed by atoms with E-state index in [2.05, 4.69) is 5.32 Å². The molecular formula is C15H15N3O2S. The molecular weight excluding hydrogens is 286 g/mol. The van der Waals surface area contributed by atoms with Crippen LogP contribution in [-0.4, -0.2) is 10.5 Å². The number of nitrogens with one attached hydrogen (secondary N) is 1. The van der Waals surface area contributed by atoms with Crippen LogP contribution in [0.5, 0.6) is 0 Å². The van der Waals surface area contributed by atoms with Crippen LogP contribution in [0.15, 0.2) is 29.1 Å². The lowest BCUT2D eigenvalue weighted by Gasteiger charge is -2.08. The lowest BCUT2D eigenvalue weighted by molar-refractivity contribution is -0.116. The van der Waals surface area contributed by atoms with Gasteiger partial charge in [0.15, 0.2) is 0 Å². The second-order valence-corrected chi connectivity index (χ2v) is 5.78. The third kappa shape index (κ3) is 3.38. The Hall–Kier alpha value is -2.39. The standard InChI is InChI=1S/C15H15N3O2S/c1-10-11(2)21-15(20)18(10)8-7-14(19)17-13-6-4-3-5-12(13)9-16/h3-6H,7-8H2,1-2H3,(H,17,19). The zero-order chi connectivity index (χ0) is 15.4. The van der Waals surface area contributed by atoms with Gasteiger partial charge in [0, 0.05) is 23.5 Å². The normalized spacial score (nSPS) is 10.1. The van der Waals surface area contributed by atoms with Crippen LogP contribution in [0.25, 0.3) is 0 Å². The highest BCUT2D eigenvalue weighted by atomic mass is 32.1. The number of aryl methyl sites for hydroxylation is 1. The van der Waals surface area contributed by atoms with Crippen LogP contribution in [-0.2, 0) is 11.3 Å². The minimum absolute atomic E-state index is 0.0461. The summed E-state index contributed by atoms with van der Waals surface area (Å²) in [6.07, 6.45) is 0.191. The van der Waals surface area contributed by atoms with E-state index in [1.165, 1.54) is 11.3 Å². The van der Waals surface area contributed by atoms with Crippen LogP contribution in [0.2, 0.25) is 0 Å². The molecule has 0 fully saturated rings. The lowest BCUT2D eigenvalue weighted by atomic mass is 10.2. The van der Waals surface area contributed by atoms with Crippen LogP contribution in [0.1, 0.15) is 22.6 Å². The van der Waals surface area contributed by atoms with Gasteiger partial charge in [0.25, 0.3) is 0 Å². The topological polar surface area (TPSA) is 74.9 Å². The molecule has 2 rings (SSSR count). The van der Waals surface area contributed by atoms with Gasteiger partial charge in [0.1, 0.15) is 6.07 Å². The minimum Gasteiger partial charge on any atom is -0.325 e. The van der Waals surface area contributed by atoms with Crippen LogP contribution in [0.3, 0.4) is 0 Å². The Morgan fingerprint density at radius 1 is 1.38 bits per heavy atom. The molecule has 0 bridgehead atoms. The number of rotatable bonds is 4. The third-order valence-corrected chi connectivity index (χ3v) is 4.26. The molecule has 0 aliphatic carbocycles. The molecule has 1 amide bonds. The van der Waals surface area contributed by atoms with E-state index < -0.39 is 0 Å². The molecule has 21 heavy (non-hydrogen) atoms. The van der Waals surface area contributed by atoms with Crippen LogP contribution in [0.4, 0.5) is 5.69 Å². The highest BCUT2D eigenvalue weighted by molar-refractivity contribution is 7.09. The summed E-state index contributed by atoms with van der Waals surface area (Å²) in [5, 5.41) is 11.7. The molecule has 0 unspecified atom stereocenters. The van der Waals surface area contributed by atoms with Gasteiger partial charge in [-0.2, -0.15) is 5.26 Å². The number of amides is 1. The largest absolute Gasteiger partial charge is 0.325 e. The van der Waals surface area contributed by atoms with Crippen LogP contribution >= 0.6 is 11.3 Å². The summed E-state index contributed by atoms with van der Waals surface area (Å²) in [6.45, 7) is 4.10. The summed E-state index contributed by atoms with van der Waals surface area (Å²) < 4.78 is 1.61. The molecule has 5 nitrogen and oxygen atoms in total. The van der Waals surface area contributed by atoms with E-state index in [-0.39, 0.29) is 17.2 Å². The predicted molar refractivity (Wildman–Crippen MR) is 82.5 cm³/mol. The molecule has 1 N–H and O–H groups in total. The summed E-state index contributed by atoms with van der Waals surface area (Å²) in [7, 11) is 0. The molecule has 1 aromatic heterocycles. The fraction of sp³-hybridized carbons (Fsp3) is 0.267. The zero-order valence-corrected chi connectivity index (χ0v) is 12.7. The first-order valence-corrected chi connectivity index (χ1v) is 7.30. The molecule has 0 radical (unpaired) electrons. The van der Waals surface area contributed by atoms with Crippen LogP contribution in [0, 0.1) is 25.2 Å². The molecule has 0 spiro atoms. The fourth-order valence-electron chi connectivity index (χ4n) is 1.96. The van der Waals surface area contributed by atoms with E-state index in [0.717, 1.165) is 10.6 Å². The molecule has 1 heterocycles. The minimum atomic E-state index is -0.215. The highest BCUT2D eigenvalue weighted by Gasteiger charge is 2.10. The molecule has 6 heteroatoms. The van der Waals surface area contributed by atoms with Crippen molar-refractivity contribution in [2.24, 2.45) is 0 Å². The number of thiazole rings is 1. The number of carbonyl (C=O) groups excluding carboxylic acids is 1. The van der Waals surface area contributed by atoms with Crippen molar-refractivity contribution in [1.82, 2.24) is 4.57 Å². The molecule has 0 aliphatic rings. The lowest BCUT2D eigenvalue weighted by Crippen LogP contribution is -2.20. The maximum absolute atomic E-state index is 12.0. The monoisotopic (exact) mass is 301 g/mol. The van der Waals surface area contributed by atoms with Crippen molar-refractivity contribution in [3.05, 3.63) is 50.1 Å². The van der Waals surface area contributed by atoms with Gasteiger partial charge in [-0.15, -0.1) is 0 Å². The quantitative estimate of drug-likeness (QED) is 0.942. The summed E-state index contributed by atoms with van der Waals surface area (Å²) in [5.74, 6) is -0.215. The van der Waals surface area contributed by atoms with E-state index in [1.807, 2.05) is 19.9 Å². The molecule has 2 aromatic rings. The first kappa shape index (κ1) is 15.0. The molecule has 0 aliphatic heterocycles. The zero-order valence-electron chi connectivity index (χ0n) is 11.8. The molecule has 108 valence electrons. The first-order valence-electron chi connectivity index (χ1n) is 6.48. The van der Waals surface area contributed by atoms with Gasteiger partial charge in [0.05, 0.1) is 11.3 Å². The summed E-state index contributed by atoms with van der Waals surface area (Å²) >= 11 is 1.19. The van der Waals surface area contributed by atoms with Crippen molar-refractivity contribution in [2.45, 2.75) is 26.8 Å². The van der Waals surface area contributed by atoms with Crippen molar-refractivity contribution in [3.63, 3.8) is 0 Å². The number of hydrogen-bond acceptors (Lipinski definition) is 4. The second-order valence-electron chi connectivity index (χ2n) is 4.62. The van der Waals surface area contributed by atoms with Gasteiger partial charge in [-0.25, -0.2) is 0 Å². The van der Waals surface area contributed by atoms with Crippen molar-refractivity contribution >= 4 is 22.9 Å². The van der Waals surface area contributed by atoms with Gasteiger partial charge >= 0.3 is 4.87 Å². The molecule has 0 saturated heterocycles. The van der Waals surface area contributed by atoms with Gasteiger partial charge < -0.3 is 9.88 Å². The Bertz CT molecular complexity index is 768. The number of aromatic nitrogens is 1. The van der Waals surface area contributed by atoms with E-state index in [9.17, 15) is 9.59 Å². The molecule has 1 aromatic carbocycles. The number of nitriles is 1. The number of nitrogens with zero attached hydrogens (tertiary/aromatic N) is 2. The van der Waals surface area contributed by atoms with E-state index in [1.54, 1.807) is 28.8 Å². The number of anilines is 1. The average Bonchev–Trinajstić information content (AvgIpc) is 2.71. The predicted octanol–water partition coefficient (Wildman–Crippen LogP) is 2.43.